The fourth-order valence-electron chi connectivity index (χ4n) is 2.00. The van der Waals surface area contributed by atoms with E-state index in [2.05, 4.69) is 4.98 Å². The van der Waals surface area contributed by atoms with Crippen LogP contribution in [-0.2, 0) is 6.18 Å². The molecular formula is C14H10F3NO2S. The molecule has 0 aliphatic rings. The number of aromatic nitrogens is 1. The first-order valence-electron chi connectivity index (χ1n) is 6.05. The van der Waals surface area contributed by atoms with Crippen molar-refractivity contribution in [3.8, 4) is 0 Å². The van der Waals surface area contributed by atoms with Crippen LogP contribution in [0, 0.1) is 6.92 Å². The Bertz CT molecular complexity index is 791. The Labute approximate surface area is 121 Å². The predicted molar refractivity (Wildman–Crippen MR) is 72.1 cm³/mol. The van der Waals surface area contributed by atoms with E-state index in [1.807, 2.05) is 19.1 Å². The Balaban J connectivity index is 1.96. The maximum Gasteiger partial charge on any atom is 0.443 e. The molecule has 0 saturated carbocycles. The van der Waals surface area contributed by atoms with Crippen molar-refractivity contribution in [2.75, 3.05) is 0 Å². The number of thiazole rings is 1. The van der Waals surface area contributed by atoms with E-state index in [4.69, 9.17) is 4.42 Å². The molecule has 1 atom stereocenters. The molecule has 0 fully saturated rings. The molecule has 0 aliphatic carbocycles. The molecule has 0 spiro atoms. The van der Waals surface area contributed by atoms with Gasteiger partial charge in [0.15, 0.2) is 5.01 Å². The van der Waals surface area contributed by atoms with Gasteiger partial charge in [-0.2, -0.15) is 13.2 Å². The molecule has 3 rings (SSSR count). The maximum absolute atomic E-state index is 12.5. The van der Waals surface area contributed by atoms with E-state index in [-0.39, 0.29) is 10.6 Å². The summed E-state index contributed by atoms with van der Waals surface area (Å²) >= 11 is 0.410. The molecule has 21 heavy (non-hydrogen) atoms. The van der Waals surface area contributed by atoms with Crippen LogP contribution in [0.5, 0.6) is 0 Å². The normalized spacial score (nSPS) is 13.8. The Morgan fingerprint density at radius 2 is 2.05 bits per heavy atom. The second-order valence-electron chi connectivity index (χ2n) is 4.66. The summed E-state index contributed by atoms with van der Waals surface area (Å²) in [4.78, 5) is 3.39. The Hall–Kier alpha value is -1.86. The number of hydrogen-bond donors (Lipinski definition) is 1. The third kappa shape index (κ3) is 2.66. The monoisotopic (exact) mass is 313 g/mol. The molecule has 3 aromatic rings. The van der Waals surface area contributed by atoms with Gasteiger partial charge in [0, 0.05) is 11.6 Å². The zero-order valence-corrected chi connectivity index (χ0v) is 11.6. The summed E-state index contributed by atoms with van der Waals surface area (Å²) < 4.78 is 43.0. The molecule has 0 radical (unpaired) electrons. The number of rotatable bonds is 2. The lowest BCUT2D eigenvalue weighted by Crippen LogP contribution is -2.03. The van der Waals surface area contributed by atoms with Gasteiger partial charge in [0.1, 0.15) is 17.4 Å². The Kier molecular flexibility index (Phi) is 3.26. The predicted octanol–water partition coefficient (Wildman–Crippen LogP) is 4.30. The smallest absolute Gasteiger partial charge is 0.443 e. The third-order valence-electron chi connectivity index (χ3n) is 3.00. The molecule has 1 unspecified atom stereocenters. The summed E-state index contributed by atoms with van der Waals surface area (Å²) in [6.07, 6.45) is -4.74. The highest BCUT2D eigenvalue weighted by atomic mass is 32.1. The van der Waals surface area contributed by atoms with E-state index < -0.39 is 17.3 Å². The molecule has 110 valence electrons. The van der Waals surface area contributed by atoms with Crippen molar-refractivity contribution in [2.45, 2.75) is 19.2 Å². The lowest BCUT2D eigenvalue weighted by atomic mass is 10.1. The SMILES string of the molecule is Cc1ccc2oc(C(O)c3cnc(C(F)(F)F)s3)cc2c1. The first-order chi connectivity index (χ1) is 9.84. The van der Waals surface area contributed by atoms with Gasteiger partial charge in [0.05, 0.1) is 4.88 Å². The van der Waals surface area contributed by atoms with Crippen LogP contribution >= 0.6 is 11.3 Å². The van der Waals surface area contributed by atoms with E-state index in [9.17, 15) is 18.3 Å². The summed E-state index contributed by atoms with van der Waals surface area (Å²) in [6.45, 7) is 1.92. The number of aliphatic hydroxyl groups is 1. The fourth-order valence-corrected chi connectivity index (χ4v) is 2.78. The molecule has 7 heteroatoms. The topological polar surface area (TPSA) is 46.3 Å². The lowest BCUT2D eigenvalue weighted by molar-refractivity contribution is -0.137. The zero-order valence-electron chi connectivity index (χ0n) is 10.8. The first-order valence-corrected chi connectivity index (χ1v) is 6.87. The van der Waals surface area contributed by atoms with Gasteiger partial charge >= 0.3 is 6.18 Å². The average molecular weight is 313 g/mol. The number of fused-ring (bicyclic) bond motifs is 1. The van der Waals surface area contributed by atoms with Gasteiger partial charge in [-0.3, -0.25) is 0 Å². The standard InChI is InChI=1S/C14H10F3NO2S/c1-7-2-3-9-8(4-7)5-10(20-9)12(19)11-6-18-13(21-11)14(15,16)17/h2-6,12,19H,1H3. The van der Waals surface area contributed by atoms with Crippen molar-refractivity contribution < 1.29 is 22.7 Å². The van der Waals surface area contributed by atoms with Crippen LogP contribution in [0.15, 0.2) is 34.9 Å². The van der Waals surface area contributed by atoms with Crippen molar-refractivity contribution in [1.29, 1.82) is 0 Å². The van der Waals surface area contributed by atoms with Gasteiger partial charge in [0.25, 0.3) is 0 Å². The summed E-state index contributed by atoms with van der Waals surface area (Å²) in [7, 11) is 0. The maximum atomic E-state index is 12.5. The number of nitrogens with zero attached hydrogens (tertiary/aromatic N) is 1. The van der Waals surface area contributed by atoms with E-state index in [1.165, 1.54) is 0 Å². The molecule has 2 heterocycles. The number of aryl methyl sites for hydroxylation is 1. The van der Waals surface area contributed by atoms with Gasteiger partial charge in [-0.25, -0.2) is 4.98 Å². The van der Waals surface area contributed by atoms with Crippen LogP contribution < -0.4 is 0 Å². The molecule has 0 aliphatic heterocycles. The third-order valence-corrected chi connectivity index (χ3v) is 4.09. The summed E-state index contributed by atoms with van der Waals surface area (Å²) in [5, 5.41) is 9.96. The first kappa shape index (κ1) is 14.1. The number of hydrogen-bond acceptors (Lipinski definition) is 4. The van der Waals surface area contributed by atoms with E-state index >= 15 is 0 Å². The lowest BCUT2D eigenvalue weighted by Gasteiger charge is -2.03. The minimum atomic E-state index is -4.51. The fraction of sp³-hybridized carbons (Fsp3) is 0.214. The van der Waals surface area contributed by atoms with Gasteiger partial charge in [0.2, 0.25) is 0 Å². The Morgan fingerprint density at radius 3 is 2.71 bits per heavy atom. The van der Waals surface area contributed by atoms with E-state index in [1.54, 1.807) is 12.1 Å². The molecule has 0 saturated heterocycles. The largest absolute Gasteiger partial charge is 0.458 e. The van der Waals surface area contributed by atoms with Crippen LogP contribution in [0.1, 0.15) is 27.3 Å². The Morgan fingerprint density at radius 1 is 1.29 bits per heavy atom. The highest BCUT2D eigenvalue weighted by Gasteiger charge is 2.35. The molecule has 0 amide bonds. The van der Waals surface area contributed by atoms with Crippen LogP contribution in [0.4, 0.5) is 13.2 Å². The van der Waals surface area contributed by atoms with Crippen LogP contribution in [0.25, 0.3) is 11.0 Å². The summed E-state index contributed by atoms with van der Waals surface area (Å²) in [5.74, 6) is 0.202. The summed E-state index contributed by atoms with van der Waals surface area (Å²) in [6, 6.07) is 7.12. The summed E-state index contributed by atoms with van der Waals surface area (Å²) in [5.41, 5.74) is 1.61. The zero-order chi connectivity index (χ0) is 15.2. The van der Waals surface area contributed by atoms with Gasteiger partial charge in [-0.05, 0) is 25.1 Å². The van der Waals surface area contributed by atoms with Crippen molar-refractivity contribution in [3.05, 3.63) is 51.7 Å². The second-order valence-corrected chi connectivity index (χ2v) is 5.72. The van der Waals surface area contributed by atoms with Crippen LogP contribution in [0.2, 0.25) is 0 Å². The number of aliphatic hydroxyl groups excluding tert-OH is 1. The molecule has 2 aromatic heterocycles. The number of furan rings is 1. The van der Waals surface area contributed by atoms with E-state index in [0.717, 1.165) is 17.1 Å². The second kappa shape index (κ2) is 4.85. The quantitative estimate of drug-likeness (QED) is 0.767. The van der Waals surface area contributed by atoms with Crippen LogP contribution in [-0.4, -0.2) is 10.1 Å². The number of alkyl halides is 3. The highest BCUT2D eigenvalue weighted by Crippen LogP contribution is 2.37. The van der Waals surface area contributed by atoms with Crippen molar-refractivity contribution in [1.82, 2.24) is 4.98 Å². The number of halogens is 3. The average Bonchev–Trinajstić information content (AvgIpc) is 3.03. The van der Waals surface area contributed by atoms with Crippen molar-refractivity contribution in [3.63, 3.8) is 0 Å². The molecule has 1 N–H and O–H groups in total. The molecular weight excluding hydrogens is 303 g/mol. The van der Waals surface area contributed by atoms with Gasteiger partial charge < -0.3 is 9.52 Å². The molecule has 0 bridgehead atoms. The molecule has 3 nitrogen and oxygen atoms in total. The van der Waals surface area contributed by atoms with Crippen LogP contribution in [0.3, 0.4) is 0 Å². The minimum absolute atomic E-state index is 0.0955. The minimum Gasteiger partial charge on any atom is -0.458 e. The molecule has 1 aromatic carbocycles. The van der Waals surface area contributed by atoms with E-state index in [0.29, 0.717) is 16.9 Å². The highest BCUT2D eigenvalue weighted by molar-refractivity contribution is 7.11. The van der Waals surface area contributed by atoms with Crippen molar-refractivity contribution >= 4 is 22.3 Å². The number of benzene rings is 1. The van der Waals surface area contributed by atoms with Gasteiger partial charge in [-0.1, -0.05) is 11.6 Å². The van der Waals surface area contributed by atoms with Gasteiger partial charge in [-0.15, -0.1) is 11.3 Å². The van der Waals surface area contributed by atoms with Crippen molar-refractivity contribution in [2.24, 2.45) is 0 Å².